The molecule has 5 nitrogen and oxygen atoms in total. The highest BCUT2D eigenvalue weighted by Gasteiger charge is 2.13. The molecule has 5 heteroatoms. The summed E-state index contributed by atoms with van der Waals surface area (Å²) in [4.78, 5) is 11.0. The molecule has 76 valence electrons. The molecule has 0 spiro atoms. The van der Waals surface area contributed by atoms with E-state index in [0.29, 0.717) is 16.9 Å². The molecule has 2 aromatic rings. The van der Waals surface area contributed by atoms with Crippen molar-refractivity contribution in [2.45, 2.75) is 0 Å². The Bertz CT molecular complexity index is 505. The quantitative estimate of drug-likeness (QED) is 0.687. The number of carboxylic acid groups (broad SMARTS) is 1. The Hall–Kier alpha value is -2.30. The monoisotopic (exact) mass is 203 g/mol. The van der Waals surface area contributed by atoms with Crippen molar-refractivity contribution < 1.29 is 9.90 Å². The maximum atomic E-state index is 11.0. The van der Waals surface area contributed by atoms with Crippen molar-refractivity contribution in [2.24, 2.45) is 0 Å². The van der Waals surface area contributed by atoms with Crippen LogP contribution < -0.4 is 5.73 Å². The maximum Gasteiger partial charge on any atom is 0.336 e. The zero-order valence-electron chi connectivity index (χ0n) is 7.77. The third-order valence-corrected chi connectivity index (χ3v) is 2.10. The van der Waals surface area contributed by atoms with E-state index >= 15 is 0 Å². The van der Waals surface area contributed by atoms with Crippen molar-refractivity contribution in [3.63, 3.8) is 0 Å². The van der Waals surface area contributed by atoms with Gasteiger partial charge in [-0.05, 0) is 6.07 Å². The van der Waals surface area contributed by atoms with E-state index in [-0.39, 0.29) is 5.56 Å². The summed E-state index contributed by atoms with van der Waals surface area (Å²) in [7, 11) is 0. The van der Waals surface area contributed by atoms with E-state index in [1.54, 1.807) is 18.2 Å². The topological polar surface area (TPSA) is 92.0 Å². The minimum absolute atomic E-state index is 0.202. The van der Waals surface area contributed by atoms with Gasteiger partial charge in [0.1, 0.15) is 0 Å². The highest BCUT2D eigenvalue weighted by molar-refractivity contribution is 5.96. The molecule has 0 atom stereocenters. The number of aromatic carboxylic acids is 1. The van der Waals surface area contributed by atoms with Crippen molar-refractivity contribution in [1.29, 1.82) is 0 Å². The maximum absolute atomic E-state index is 11.0. The predicted octanol–water partition coefficient (Wildman–Crippen LogP) is 1.36. The molecular formula is C10H9N3O2. The molecule has 1 aromatic heterocycles. The van der Waals surface area contributed by atoms with E-state index in [2.05, 4.69) is 10.2 Å². The van der Waals surface area contributed by atoms with E-state index in [0.717, 1.165) is 0 Å². The van der Waals surface area contributed by atoms with E-state index in [1.165, 1.54) is 12.3 Å². The Kier molecular flexibility index (Phi) is 2.13. The minimum Gasteiger partial charge on any atom is -0.478 e. The second kappa shape index (κ2) is 3.45. The fourth-order valence-corrected chi connectivity index (χ4v) is 1.40. The largest absolute Gasteiger partial charge is 0.478 e. The number of nitrogens with zero attached hydrogens (tertiary/aromatic N) is 1. The summed E-state index contributed by atoms with van der Waals surface area (Å²) in [6.07, 6.45) is 1.45. The number of hydrogen-bond acceptors (Lipinski definition) is 3. The first-order valence-electron chi connectivity index (χ1n) is 4.31. The highest BCUT2D eigenvalue weighted by atomic mass is 16.4. The van der Waals surface area contributed by atoms with Crippen LogP contribution in [0.3, 0.4) is 0 Å². The van der Waals surface area contributed by atoms with Gasteiger partial charge in [-0.2, -0.15) is 5.10 Å². The summed E-state index contributed by atoms with van der Waals surface area (Å²) in [5, 5.41) is 15.4. The average molecular weight is 203 g/mol. The number of nitrogens with one attached hydrogen (secondary N) is 1. The molecular weight excluding hydrogens is 194 g/mol. The molecule has 15 heavy (non-hydrogen) atoms. The van der Waals surface area contributed by atoms with Crippen LogP contribution in [0.4, 0.5) is 5.69 Å². The van der Waals surface area contributed by atoms with Gasteiger partial charge in [-0.3, -0.25) is 5.10 Å². The number of H-pyrrole nitrogens is 1. The molecule has 0 aliphatic heterocycles. The molecule has 0 aliphatic rings. The smallest absolute Gasteiger partial charge is 0.336 e. The first kappa shape index (κ1) is 9.26. The zero-order chi connectivity index (χ0) is 10.8. The third-order valence-electron chi connectivity index (χ3n) is 2.10. The van der Waals surface area contributed by atoms with Gasteiger partial charge in [0.2, 0.25) is 0 Å². The van der Waals surface area contributed by atoms with E-state index in [4.69, 9.17) is 10.8 Å². The third kappa shape index (κ3) is 1.54. The van der Waals surface area contributed by atoms with Gasteiger partial charge in [0.15, 0.2) is 0 Å². The lowest BCUT2D eigenvalue weighted by Gasteiger charge is -2.03. The number of nitrogens with two attached hydrogens (primary N) is 1. The van der Waals surface area contributed by atoms with Crippen molar-refractivity contribution in [3.05, 3.63) is 36.0 Å². The standard InChI is InChI=1S/C10H9N3O2/c11-8-5-12-13-9(8)6-3-1-2-4-7(6)10(14)15/h1-5H,11H2,(H,12,13)(H,14,15). The lowest BCUT2D eigenvalue weighted by molar-refractivity contribution is 0.0697. The molecule has 0 bridgehead atoms. The van der Waals surface area contributed by atoms with Crippen LogP contribution in [0.1, 0.15) is 10.4 Å². The molecule has 1 aromatic carbocycles. The second-order valence-electron chi connectivity index (χ2n) is 3.05. The second-order valence-corrected chi connectivity index (χ2v) is 3.05. The van der Waals surface area contributed by atoms with Crippen LogP contribution in [0, 0.1) is 0 Å². The van der Waals surface area contributed by atoms with E-state index < -0.39 is 5.97 Å². The van der Waals surface area contributed by atoms with Crippen LogP contribution in [0.5, 0.6) is 0 Å². The number of benzene rings is 1. The molecule has 0 aliphatic carbocycles. The summed E-state index contributed by atoms with van der Waals surface area (Å²) in [6, 6.07) is 6.63. The van der Waals surface area contributed by atoms with Crippen LogP contribution in [-0.4, -0.2) is 21.3 Å². The molecule has 2 rings (SSSR count). The number of carboxylic acids is 1. The Morgan fingerprint density at radius 3 is 2.73 bits per heavy atom. The van der Waals surface area contributed by atoms with Crippen LogP contribution in [0.25, 0.3) is 11.3 Å². The number of anilines is 1. The minimum atomic E-state index is -0.986. The number of rotatable bonds is 2. The van der Waals surface area contributed by atoms with Crippen molar-refractivity contribution in [2.75, 3.05) is 5.73 Å². The predicted molar refractivity (Wildman–Crippen MR) is 55.4 cm³/mol. The molecule has 0 saturated carbocycles. The number of hydrogen-bond donors (Lipinski definition) is 3. The van der Waals surface area contributed by atoms with E-state index in [1.807, 2.05) is 0 Å². The normalized spacial score (nSPS) is 10.1. The molecule has 1 heterocycles. The lowest BCUT2D eigenvalue weighted by Crippen LogP contribution is -2.00. The van der Waals surface area contributed by atoms with Crippen LogP contribution >= 0.6 is 0 Å². The van der Waals surface area contributed by atoms with Gasteiger partial charge in [0.25, 0.3) is 0 Å². The number of aromatic nitrogens is 2. The highest BCUT2D eigenvalue weighted by Crippen LogP contribution is 2.26. The molecule has 0 unspecified atom stereocenters. The number of nitrogen functional groups attached to an aromatic ring is 1. The molecule has 0 radical (unpaired) electrons. The van der Waals surface area contributed by atoms with Crippen molar-refractivity contribution in [1.82, 2.24) is 10.2 Å². The average Bonchev–Trinajstić information content (AvgIpc) is 2.64. The number of carbonyl (C=O) groups is 1. The Morgan fingerprint density at radius 1 is 1.40 bits per heavy atom. The van der Waals surface area contributed by atoms with Crippen LogP contribution in [-0.2, 0) is 0 Å². The van der Waals surface area contributed by atoms with Gasteiger partial charge in [0.05, 0.1) is 23.1 Å². The first-order valence-corrected chi connectivity index (χ1v) is 4.31. The summed E-state index contributed by atoms with van der Waals surface area (Å²) >= 11 is 0. The first-order chi connectivity index (χ1) is 7.20. The van der Waals surface area contributed by atoms with Crippen molar-refractivity contribution in [3.8, 4) is 11.3 Å². The van der Waals surface area contributed by atoms with Gasteiger partial charge >= 0.3 is 5.97 Å². The molecule has 0 amide bonds. The fraction of sp³-hybridized carbons (Fsp3) is 0. The summed E-state index contributed by atoms with van der Waals surface area (Å²) in [6.45, 7) is 0. The summed E-state index contributed by atoms with van der Waals surface area (Å²) < 4.78 is 0. The molecule has 0 saturated heterocycles. The van der Waals surface area contributed by atoms with Crippen molar-refractivity contribution >= 4 is 11.7 Å². The van der Waals surface area contributed by atoms with Crippen LogP contribution in [0.2, 0.25) is 0 Å². The summed E-state index contributed by atoms with van der Waals surface area (Å²) in [5.74, 6) is -0.986. The van der Waals surface area contributed by atoms with Crippen LogP contribution in [0.15, 0.2) is 30.5 Å². The summed E-state index contributed by atoms with van der Waals surface area (Å²) in [5.41, 5.74) is 7.37. The van der Waals surface area contributed by atoms with Gasteiger partial charge in [-0.15, -0.1) is 0 Å². The fourth-order valence-electron chi connectivity index (χ4n) is 1.40. The Morgan fingerprint density at radius 2 is 2.13 bits per heavy atom. The lowest BCUT2D eigenvalue weighted by atomic mass is 10.0. The Balaban J connectivity index is 2.63. The van der Waals surface area contributed by atoms with Gasteiger partial charge < -0.3 is 10.8 Å². The molecule has 0 fully saturated rings. The van der Waals surface area contributed by atoms with Gasteiger partial charge in [-0.25, -0.2) is 4.79 Å². The van der Waals surface area contributed by atoms with E-state index in [9.17, 15) is 4.79 Å². The zero-order valence-corrected chi connectivity index (χ0v) is 7.77. The SMILES string of the molecule is Nc1cn[nH]c1-c1ccccc1C(=O)O. The Labute approximate surface area is 85.5 Å². The molecule has 4 N–H and O–H groups in total. The number of aromatic amines is 1. The van der Waals surface area contributed by atoms with Gasteiger partial charge in [-0.1, -0.05) is 18.2 Å². The van der Waals surface area contributed by atoms with Gasteiger partial charge in [0, 0.05) is 5.56 Å².